The topological polar surface area (TPSA) is 45.5 Å². The molecule has 1 aliphatic heterocycles. The zero-order valence-electron chi connectivity index (χ0n) is 24.1. The van der Waals surface area contributed by atoms with Crippen LogP contribution in [0.2, 0.25) is 0 Å². The van der Waals surface area contributed by atoms with Gasteiger partial charge in [0.15, 0.2) is 0 Å². The van der Waals surface area contributed by atoms with Crippen molar-refractivity contribution in [2.75, 3.05) is 7.11 Å². The Morgan fingerprint density at radius 2 is 1.37 bits per heavy atom. The van der Waals surface area contributed by atoms with Crippen molar-refractivity contribution < 1.29 is 14.0 Å². The van der Waals surface area contributed by atoms with Crippen LogP contribution in [0.1, 0.15) is 78.4 Å². The standard InChI is InChI=1S/C32H39BN2O3/c1-20(2)22-15-12-16-23(21(3)4)29(22)35-26-18-13-17-25(33-37-31(5,6)32(7,8)38-33)28(26)34-30(35)24-14-10-11-19-27(24)36-9/h10-21H,1-9H3. The van der Waals surface area contributed by atoms with Gasteiger partial charge in [-0.3, -0.25) is 4.57 Å². The Morgan fingerprint density at radius 3 is 1.95 bits per heavy atom. The molecule has 1 saturated heterocycles. The highest BCUT2D eigenvalue weighted by Crippen LogP contribution is 2.41. The highest BCUT2D eigenvalue weighted by atomic mass is 16.7. The van der Waals surface area contributed by atoms with Gasteiger partial charge in [-0.2, -0.15) is 0 Å². The van der Waals surface area contributed by atoms with Crippen molar-refractivity contribution in [1.29, 1.82) is 0 Å². The zero-order chi connectivity index (χ0) is 27.4. The lowest BCUT2D eigenvalue weighted by molar-refractivity contribution is 0.00578. The summed E-state index contributed by atoms with van der Waals surface area (Å²) in [6.45, 7) is 17.3. The molecule has 5 rings (SSSR count). The molecule has 0 aliphatic carbocycles. The number of ether oxygens (including phenoxy) is 1. The van der Waals surface area contributed by atoms with E-state index in [0.717, 1.165) is 33.6 Å². The molecule has 4 aromatic rings. The van der Waals surface area contributed by atoms with Gasteiger partial charge in [-0.25, -0.2) is 4.98 Å². The fourth-order valence-corrected chi connectivity index (χ4v) is 5.29. The number of methoxy groups -OCH3 is 1. The molecule has 2 heterocycles. The van der Waals surface area contributed by atoms with Crippen LogP contribution in [0.25, 0.3) is 28.1 Å². The monoisotopic (exact) mass is 510 g/mol. The molecule has 0 atom stereocenters. The summed E-state index contributed by atoms with van der Waals surface area (Å²) in [4.78, 5) is 5.33. The molecule has 0 N–H and O–H groups in total. The smallest absolute Gasteiger partial charge is 0.496 e. The maximum atomic E-state index is 6.49. The highest BCUT2D eigenvalue weighted by Gasteiger charge is 2.52. The van der Waals surface area contributed by atoms with Crippen molar-refractivity contribution in [1.82, 2.24) is 9.55 Å². The van der Waals surface area contributed by atoms with Gasteiger partial charge in [-0.1, -0.05) is 70.2 Å². The van der Waals surface area contributed by atoms with E-state index in [1.165, 1.54) is 16.8 Å². The van der Waals surface area contributed by atoms with Crippen molar-refractivity contribution >= 4 is 23.6 Å². The second-order valence-corrected chi connectivity index (χ2v) is 11.9. The molecule has 0 spiro atoms. The minimum absolute atomic E-state index is 0.331. The SMILES string of the molecule is COc1ccccc1-c1nc2c(B3OC(C)(C)C(C)(C)O3)cccc2n1-c1c(C(C)C)cccc1C(C)C. The van der Waals surface area contributed by atoms with Crippen LogP contribution in [-0.4, -0.2) is 35.0 Å². The third-order valence-corrected chi connectivity index (χ3v) is 8.14. The van der Waals surface area contributed by atoms with Crippen molar-refractivity contribution in [2.24, 2.45) is 0 Å². The Balaban J connectivity index is 1.88. The predicted octanol–water partition coefficient (Wildman–Crippen LogP) is 7.25. The number of benzene rings is 3. The summed E-state index contributed by atoms with van der Waals surface area (Å²) in [5.74, 6) is 2.29. The lowest BCUT2D eigenvalue weighted by Crippen LogP contribution is -2.41. The summed E-state index contributed by atoms with van der Waals surface area (Å²) in [6, 6.07) is 21.1. The molecule has 0 bridgehead atoms. The van der Waals surface area contributed by atoms with Gasteiger partial charge in [-0.05, 0) is 68.9 Å². The lowest BCUT2D eigenvalue weighted by Gasteiger charge is -2.32. The van der Waals surface area contributed by atoms with Gasteiger partial charge in [0, 0.05) is 5.46 Å². The van der Waals surface area contributed by atoms with Crippen LogP contribution in [0.5, 0.6) is 5.75 Å². The summed E-state index contributed by atoms with van der Waals surface area (Å²) >= 11 is 0. The van der Waals surface area contributed by atoms with Gasteiger partial charge < -0.3 is 14.0 Å². The Morgan fingerprint density at radius 1 is 0.789 bits per heavy atom. The Bertz CT molecular complexity index is 1440. The van der Waals surface area contributed by atoms with Gasteiger partial charge >= 0.3 is 7.12 Å². The van der Waals surface area contributed by atoms with Gasteiger partial charge in [0.1, 0.15) is 11.6 Å². The highest BCUT2D eigenvalue weighted by molar-refractivity contribution is 6.65. The Hall–Kier alpha value is -3.09. The number of para-hydroxylation sites is 3. The maximum Gasteiger partial charge on any atom is 0.497 e. The minimum atomic E-state index is -0.512. The average molecular weight is 510 g/mol. The molecule has 6 heteroatoms. The van der Waals surface area contributed by atoms with E-state index < -0.39 is 18.3 Å². The molecule has 0 radical (unpaired) electrons. The number of nitrogens with zero attached hydrogens (tertiary/aromatic N) is 2. The second-order valence-electron chi connectivity index (χ2n) is 11.9. The first-order chi connectivity index (χ1) is 18.0. The van der Waals surface area contributed by atoms with Gasteiger partial charge in [0.05, 0.1) is 40.6 Å². The van der Waals surface area contributed by atoms with E-state index in [1.807, 2.05) is 18.2 Å². The third-order valence-electron chi connectivity index (χ3n) is 8.14. The Kier molecular flexibility index (Phi) is 6.69. The summed E-state index contributed by atoms with van der Waals surface area (Å²) in [6.07, 6.45) is 0. The normalized spacial score (nSPS) is 16.7. The molecule has 1 aromatic heterocycles. The van der Waals surface area contributed by atoms with E-state index in [-0.39, 0.29) is 0 Å². The number of aromatic nitrogens is 2. The van der Waals surface area contributed by atoms with Crippen LogP contribution in [0.15, 0.2) is 60.7 Å². The zero-order valence-corrected chi connectivity index (χ0v) is 24.1. The summed E-state index contributed by atoms with van der Waals surface area (Å²) < 4.78 is 21.1. The molecule has 3 aromatic carbocycles. The average Bonchev–Trinajstić information content (AvgIpc) is 3.36. The van der Waals surface area contributed by atoms with Gasteiger partial charge in [0.25, 0.3) is 0 Å². The van der Waals surface area contributed by atoms with Crippen LogP contribution >= 0.6 is 0 Å². The molecular weight excluding hydrogens is 471 g/mol. The summed E-state index contributed by atoms with van der Waals surface area (Å²) in [5.41, 5.74) is 6.65. The van der Waals surface area contributed by atoms with E-state index in [4.69, 9.17) is 19.0 Å². The molecule has 5 nitrogen and oxygen atoms in total. The number of hydrogen-bond acceptors (Lipinski definition) is 4. The van der Waals surface area contributed by atoms with Crippen LogP contribution in [0.3, 0.4) is 0 Å². The first-order valence-corrected chi connectivity index (χ1v) is 13.6. The van der Waals surface area contributed by atoms with Crippen LogP contribution in [0.4, 0.5) is 0 Å². The minimum Gasteiger partial charge on any atom is -0.496 e. The third kappa shape index (κ3) is 4.24. The molecular formula is C32H39BN2O3. The molecule has 0 unspecified atom stereocenters. The van der Waals surface area contributed by atoms with E-state index in [2.05, 4.69) is 102 Å². The first kappa shape index (κ1) is 26.5. The Labute approximate surface area is 227 Å². The fourth-order valence-electron chi connectivity index (χ4n) is 5.29. The molecule has 198 valence electrons. The van der Waals surface area contributed by atoms with E-state index in [9.17, 15) is 0 Å². The molecule has 0 amide bonds. The largest absolute Gasteiger partial charge is 0.497 e. The number of fused-ring (bicyclic) bond motifs is 1. The van der Waals surface area contributed by atoms with Crippen LogP contribution in [-0.2, 0) is 9.31 Å². The van der Waals surface area contributed by atoms with Gasteiger partial charge in [0.2, 0.25) is 0 Å². The first-order valence-electron chi connectivity index (χ1n) is 13.6. The van der Waals surface area contributed by atoms with Crippen LogP contribution in [0, 0.1) is 0 Å². The van der Waals surface area contributed by atoms with Gasteiger partial charge in [-0.15, -0.1) is 0 Å². The maximum absolute atomic E-state index is 6.49. The summed E-state index contributed by atoms with van der Waals surface area (Å²) in [5, 5.41) is 0. The molecule has 1 aliphatic rings. The van der Waals surface area contributed by atoms with Crippen molar-refractivity contribution in [3.63, 3.8) is 0 Å². The van der Waals surface area contributed by atoms with Crippen molar-refractivity contribution in [3.8, 4) is 22.8 Å². The summed E-state index contributed by atoms with van der Waals surface area (Å²) in [7, 11) is 1.20. The molecule has 38 heavy (non-hydrogen) atoms. The van der Waals surface area contributed by atoms with E-state index >= 15 is 0 Å². The van der Waals surface area contributed by atoms with E-state index in [0.29, 0.717) is 11.8 Å². The van der Waals surface area contributed by atoms with Crippen molar-refractivity contribution in [2.45, 2.75) is 78.4 Å². The van der Waals surface area contributed by atoms with Crippen LogP contribution < -0.4 is 10.2 Å². The second kappa shape index (κ2) is 9.58. The van der Waals surface area contributed by atoms with E-state index in [1.54, 1.807) is 7.11 Å². The van der Waals surface area contributed by atoms with Crippen molar-refractivity contribution in [3.05, 3.63) is 71.8 Å². The fraction of sp³-hybridized carbons (Fsp3) is 0.406. The number of hydrogen-bond donors (Lipinski definition) is 0. The molecule has 0 saturated carbocycles. The number of rotatable bonds is 6. The number of imidazole rings is 1. The predicted molar refractivity (Wildman–Crippen MR) is 157 cm³/mol. The quantitative estimate of drug-likeness (QED) is 0.257. The lowest BCUT2D eigenvalue weighted by atomic mass is 9.78. The molecule has 1 fully saturated rings.